The molecule has 0 aliphatic rings. The number of hydrogen-bond acceptors (Lipinski definition) is 5. The van der Waals surface area contributed by atoms with Crippen molar-refractivity contribution < 1.29 is 14.1 Å². The number of para-hydroxylation sites is 1. The van der Waals surface area contributed by atoms with Crippen LogP contribution in [0.25, 0.3) is 22.6 Å². The molecule has 1 amide bonds. The van der Waals surface area contributed by atoms with E-state index in [1.807, 2.05) is 31.2 Å². The molecule has 0 bridgehead atoms. The Kier molecular flexibility index (Phi) is 4.33. The summed E-state index contributed by atoms with van der Waals surface area (Å²) in [4.78, 5) is 27.5. The minimum Gasteiger partial charge on any atom is -0.436 e. The second-order valence-corrected chi connectivity index (χ2v) is 6.30. The number of amides is 1. The number of oxazole rings is 1. The quantitative estimate of drug-likeness (QED) is 0.402. The minimum atomic E-state index is -0.579. The summed E-state index contributed by atoms with van der Waals surface area (Å²) >= 11 is 0. The highest BCUT2D eigenvalue weighted by molar-refractivity contribution is 6.07. The Bertz CT molecular complexity index is 1210. The molecule has 1 heterocycles. The van der Waals surface area contributed by atoms with Crippen molar-refractivity contribution >= 4 is 28.4 Å². The van der Waals surface area contributed by atoms with E-state index in [0.29, 0.717) is 22.7 Å². The molecule has 0 atom stereocenters. The van der Waals surface area contributed by atoms with Crippen LogP contribution in [0.3, 0.4) is 0 Å². The third kappa shape index (κ3) is 3.33. The number of carbonyl (C=O) groups excluding carboxylic acids is 1. The maximum absolute atomic E-state index is 12.5. The predicted octanol–water partition coefficient (Wildman–Crippen LogP) is 4.96. The van der Waals surface area contributed by atoms with Crippen LogP contribution in [-0.4, -0.2) is 15.8 Å². The van der Waals surface area contributed by atoms with Gasteiger partial charge in [0.25, 0.3) is 11.6 Å². The fourth-order valence-corrected chi connectivity index (χ4v) is 2.93. The molecule has 28 heavy (non-hydrogen) atoms. The number of aryl methyl sites for hydroxylation is 1. The number of benzene rings is 3. The molecule has 138 valence electrons. The van der Waals surface area contributed by atoms with Crippen LogP contribution < -0.4 is 5.32 Å². The van der Waals surface area contributed by atoms with Gasteiger partial charge in [0.15, 0.2) is 5.58 Å². The average molecular weight is 373 g/mol. The number of carbonyl (C=O) groups is 1. The van der Waals surface area contributed by atoms with Crippen molar-refractivity contribution in [1.29, 1.82) is 0 Å². The standard InChI is InChI=1S/C21H15N3O4/c1-13-5-4-6-14(11-13)21-23-17-12-15(9-10-19(17)28-21)22-20(25)16-7-2-3-8-18(16)24(26)27/h2-12H,1H3,(H,22,25). The Labute approximate surface area is 159 Å². The van der Waals surface area contributed by atoms with Gasteiger partial charge in [-0.3, -0.25) is 14.9 Å². The van der Waals surface area contributed by atoms with Gasteiger partial charge in [0.2, 0.25) is 5.89 Å². The van der Waals surface area contributed by atoms with Gasteiger partial charge in [0.1, 0.15) is 11.1 Å². The summed E-state index contributed by atoms with van der Waals surface area (Å²) in [5.74, 6) is -0.0741. The highest BCUT2D eigenvalue weighted by atomic mass is 16.6. The number of nitrogens with one attached hydrogen (secondary N) is 1. The van der Waals surface area contributed by atoms with Crippen LogP contribution in [-0.2, 0) is 0 Å². The van der Waals surface area contributed by atoms with Gasteiger partial charge in [-0.1, -0.05) is 29.8 Å². The molecule has 0 unspecified atom stereocenters. The largest absolute Gasteiger partial charge is 0.436 e. The molecule has 0 fully saturated rings. The predicted molar refractivity (Wildman–Crippen MR) is 105 cm³/mol. The highest BCUT2D eigenvalue weighted by Crippen LogP contribution is 2.27. The summed E-state index contributed by atoms with van der Waals surface area (Å²) in [7, 11) is 0. The van der Waals surface area contributed by atoms with Crippen LogP contribution in [0.4, 0.5) is 11.4 Å². The van der Waals surface area contributed by atoms with Gasteiger partial charge < -0.3 is 9.73 Å². The van der Waals surface area contributed by atoms with E-state index < -0.39 is 10.8 Å². The number of aromatic nitrogens is 1. The fourth-order valence-electron chi connectivity index (χ4n) is 2.93. The van der Waals surface area contributed by atoms with Crippen LogP contribution in [0, 0.1) is 17.0 Å². The van der Waals surface area contributed by atoms with Crippen molar-refractivity contribution in [1.82, 2.24) is 4.98 Å². The number of nitrogens with zero attached hydrogens (tertiary/aromatic N) is 2. The molecule has 0 spiro atoms. The van der Waals surface area contributed by atoms with E-state index in [1.54, 1.807) is 24.3 Å². The smallest absolute Gasteiger partial charge is 0.282 e. The third-order valence-electron chi connectivity index (χ3n) is 4.26. The first-order chi connectivity index (χ1) is 13.5. The molecule has 1 aromatic heterocycles. The SMILES string of the molecule is Cc1cccc(-c2nc3cc(NC(=O)c4ccccc4[N+](=O)[O-])ccc3o2)c1. The molecule has 0 aliphatic carbocycles. The Morgan fingerprint density at radius 1 is 1.07 bits per heavy atom. The third-order valence-corrected chi connectivity index (χ3v) is 4.26. The lowest BCUT2D eigenvalue weighted by Gasteiger charge is -2.05. The number of anilines is 1. The average Bonchev–Trinajstić information content (AvgIpc) is 3.11. The van der Waals surface area contributed by atoms with Crippen molar-refractivity contribution in [3.63, 3.8) is 0 Å². The lowest BCUT2D eigenvalue weighted by Crippen LogP contribution is -2.13. The molecular weight excluding hydrogens is 358 g/mol. The second-order valence-electron chi connectivity index (χ2n) is 6.30. The Hall–Kier alpha value is -4.00. The van der Waals surface area contributed by atoms with Crippen molar-refractivity contribution in [3.05, 3.63) is 88.0 Å². The number of hydrogen-bond donors (Lipinski definition) is 1. The lowest BCUT2D eigenvalue weighted by atomic mass is 10.1. The summed E-state index contributed by atoms with van der Waals surface area (Å²) < 4.78 is 5.79. The van der Waals surface area contributed by atoms with E-state index >= 15 is 0 Å². The van der Waals surface area contributed by atoms with Gasteiger partial charge in [-0.2, -0.15) is 0 Å². The Balaban J connectivity index is 1.64. The van der Waals surface area contributed by atoms with Gasteiger partial charge in [-0.15, -0.1) is 0 Å². The Morgan fingerprint density at radius 3 is 2.68 bits per heavy atom. The topological polar surface area (TPSA) is 98.3 Å². The van der Waals surface area contributed by atoms with E-state index in [1.165, 1.54) is 18.2 Å². The maximum atomic E-state index is 12.5. The van der Waals surface area contributed by atoms with Gasteiger partial charge in [0, 0.05) is 17.3 Å². The molecule has 1 N–H and O–H groups in total. The summed E-state index contributed by atoms with van der Waals surface area (Å²) in [5, 5.41) is 13.8. The van der Waals surface area contributed by atoms with E-state index in [9.17, 15) is 14.9 Å². The normalized spacial score (nSPS) is 10.8. The number of nitro groups is 1. The van der Waals surface area contributed by atoms with Crippen molar-refractivity contribution in [3.8, 4) is 11.5 Å². The molecule has 0 saturated heterocycles. The summed E-state index contributed by atoms with van der Waals surface area (Å²) in [6, 6.07) is 18.7. The van der Waals surface area contributed by atoms with E-state index in [4.69, 9.17) is 4.42 Å². The first-order valence-corrected chi connectivity index (χ1v) is 8.54. The Morgan fingerprint density at radius 2 is 1.89 bits per heavy atom. The van der Waals surface area contributed by atoms with Crippen LogP contribution in [0.2, 0.25) is 0 Å². The molecule has 4 rings (SSSR count). The monoisotopic (exact) mass is 373 g/mol. The van der Waals surface area contributed by atoms with Crippen LogP contribution in [0.15, 0.2) is 71.1 Å². The molecule has 7 nitrogen and oxygen atoms in total. The van der Waals surface area contributed by atoms with Gasteiger partial charge in [-0.25, -0.2) is 4.98 Å². The fraction of sp³-hybridized carbons (Fsp3) is 0.0476. The van der Waals surface area contributed by atoms with E-state index in [2.05, 4.69) is 10.3 Å². The first-order valence-electron chi connectivity index (χ1n) is 8.54. The second kappa shape index (κ2) is 6.96. The van der Waals surface area contributed by atoms with Crippen LogP contribution in [0.5, 0.6) is 0 Å². The molecule has 3 aromatic carbocycles. The molecule has 7 heteroatoms. The van der Waals surface area contributed by atoms with Crippen LogP contribution in [0.1, 0.15) is 15.9 Å². The first kappa shape index (κ1) is 17.4. The molecule has 4 aromatic rings. The van der Waals surface area contributed by atoms with Gasteiger partial charge in [-0.05, 0) is 43.3 Å². The molecule has 0 radical (unpaired) electrons. The van der Waals surface area contributed by atoms with Crippen molar-refractivity contribution in [2.45, 2.75) is 6.92 Å². The molecule has 0 aliphatic heterocycles. The van der Waals surface area contributed by atoms with E-state index in [-0.39, 0.29) is 11.3 Å². The summed E-state index contributed by atoms with van der Waals surface area (Å²) in [6.45, 7) is 1.99. The number of nitro benzene ring substituents is 1. The minimum absolute atomic E-state index is 0.00630. The van der Waals surface area contributed by atoms with E-state index in [0.717, 1.165) is 11.1 Å². The zero-order valence-corrected chi connectivity index (χ0v) is 14.9. The summed E-state index contributed by atoms with van der Waals surface area (Å²) in [6.07, 6.45) is 0. The number of rotatable bonds is 4. The van der Waals surface area contributed by atoms with Crippen LogP contribution >= 0.6 is 0 Å². The van der Waals surface area contributed by atoms with Crippen molar-refractivity contribution in [2.75, 3.05) is 5.32 Å². The lowest BCUT2D eigenvalue weighted by molar-refractivity contribution is -0.385. The zero-order chi connectivity index (χ0) is 19.7. The van der Waals surface area contributed by atoms with Gasteiger partial charge in [0.05, 0.1) is 4.92 Å². The molecular formula is C21H15N3O4. The molecule has 0 saturated carbocycles. The van der Waals surface area contributed by atoms with Crippen molar-refractivity contribution in [2.24, 2.45) is 0 Å². The highest BCUT2D eigenvalue weighted by Gasteiger charge is 2.19. The maximum Gasteiger partial charge on any atom is 0.282 e. The summed E-state index contributed by atoms with van der Waals surface area (Å²) in [5.41, 5.74) is 3.34. The van der Waals surface area contributed by atoms with Gasteiger partial charge >= 0.3 is 0 Å². The zero-order valence-electron chi connectivity index (χ0n) is 14.9. The number of fused-ring (bicyclic) bond motifs is 1.